The van der Waals surface area contributed by atoms with Gasteiger partial charge in [0.05, 0.1) is 18.4 Å². The molecular formula is C9H10O4. The molecule has 0 fully saturated rings. The molecule has 1 aromatic heterocycles. The highest BCUT2D eigenvalue weighted by Crippen LogP contribution is 2.09. The zero-order valence-electron chi connectivity index (χ0n) is 7.28. The van der Waals surface area contributed by atoms with Gasteiger partial charge < -0.3 is 9.15 Å². The fourth-order valence-electron chi connectivity index (χ4n) is 0.942. The van der Waals surface area contributed by atoms with Crippen LogP contribution in [0.1, 0.15) is 23.0 Å². The second-order valence-corrected chi connectivity index (χ2v) is 2.40. The van der Waals surface area contributed by atoms with Crippen LogP contribution in [-0.2, 0) is 16.0 Å². The van der Waals surface area contributed by atoms with E-state index in [0.29, 0.717) is 24.2 Å². The summed E-state index contributed by atoms with van der Waals surface area (Å²) in [5.74, 6) is -0.0333. The summed E-state index contributed by atoms with van der Waals surface area (Å²) in [6.07, 6.45) is 2.03. The summed E-state index contributed by atoms with van der Waals surface area (Å²) < 4.78 is 9.64. The highest BCUT2D eigenvalue weighted by atomic mass is 16.5. The third-order valence-corrected chi connectivity index (χ3v) is 1.52. The molecule has 0 aromatic carbocycles. The molecule has 0 unspecified atom stereocenters. The van der Waals surface area contributed by atoms with Crippen molar-refractivity contribution >= 4 is 12.3 Å². The molecule has 0 bridgehead atoms. The third-order valence-electron chi connectivity index (χ3n) is 1.52. The lowest BCUT2D eigenvalue weighted by Gasteiger charge is -1.98. The van der Waals surface area contributed by atoms with E-state index in [0.717, 1.165) is 0 Å². The predicted octanol–water partition coefficient (Wildman–Crippen LogP) is 1.20. The molecule has 0 saturated heterocycles. The van der Waals surface area contributed by atoms with Gasteiger partial charge in [0.2, 0.25) is 0 Å². The summed E-state index contributed by atoms with van der Waals surface area (Å²) in [4.78, 5) is 21.4. The van der Waals surface area contributed by atoms with Crippen molar-refractivity contribution in [3.63, 3.8) is 0 Å². The maximum absolute atomic E-state index is 11.0. The van der Waals surface area contributed by atoms with E-state index in [2.05, 4.69) is 0 Å². The van der Waals surface area contributed by atoms with Crippen LogP contribution in [0.2, 0.25) is 0 Å². The normalized spacial score (nSPS) is 9.62. The summed E-state index contributed by atoms with van der Waals surface area (Å²) in [5, 5.41) is 0. The van der Waals surface area contributed by atoms with Gasteiger partial charge in [-0.15, -0.1) is 0 Å². The first-order valence-electron chi connectivity index (χ1n) is 3.95. The van der Waals surface area contributed by atoms with Crippen LogP contribution in [0.3, 0.4) is 0 Å². The van der Waals surface area contributed by atoms with E-state index in [1.165, 1.54) is 12.3 Å². The number of carbonyl (C=O) groups excluding carboxylic acids is 2. The van der Waals surface area contributed by atoms with Gasteiger partial charge in [0.15, 0.2) is 6.29 Å². The number of esters is 1. The van der Waals surface area contributed by atoms with E-state index in [4.69, 9.17) is 9.15 Å². The lowest BCUT2D eigenvalue weighted by Crippen LogP contribution is -2.07. The molecule has 70 valence electrons. The average Bonchev–Trinajstić information content (AvgIpc) is 2.52. The first kappa shape index (κ1) is 9.51. The van der Waals surface area contributed by atoms with Crippen LogP contribution < -0.4 is 0 Å². The standard InChI is InChI=1S/C9H10O4/c1-2-12-9(11)5-8-7(6-10)3-4-13-8/h3-4,6H,2,5H2,1H3. The summed E-state index contributed by atoms with van der Waals surface area (Å²) >= 11 is 0. The van der Waals surface area contributed by atoms with Crippen LogP contribution in [0.5, 0.6) is 0 Å². The van der Waals surface area contributed by atoms with Gasteiger partial charge in [-0.1, -0.05) is 0 Å². The Morgan fingerprint density at radius 2 is 2.46 bits per heavy atom. The molecule has 0 amide bonds. The molecule has 1 heterocycles. The van der Waals surface area contributed by atoms with Gasteiger partial charge in [0.1, 0.15) is 12.2 Å². The molecule has 0 saturated carbocycles. The topological polar surface area (TPSA) is 56.5 Å². The zero-order valence-corrected chi connectivity index (χ0v) is 7.28. The minimum Gasteiger partial charge on any atom is -0.468 e. The second-order valence-electron chi connectivity index (χ2n) is 2.40. The molecule has 4 heteroatoms. The molecule has 4 nitrogen and oxygen atoms in total. The fourth-order valence-corrected chi connectivity index (χ4v) is 0.942. The van der Waals surface area contributed by atoms with Gasteiger partial charge in [0.25, 0.3) is 0 Å². The van der Waals surface area contributed by atoms with Crippen LogP contribution in [0, 0.1) is 0 Å². The van der Waals surface area contributed by atoms with Crippen molar-refractivity contribution in [2.24, 2.45) is 0 Å². The number of furan rings is 1. The van der Waals surface area contributed by atoms with Crippen LogP contribution in [-0.4, -0.2) is 18.9 Å². The maximum atomic E-state index is 11.0. The Bertz CT molecular complexity index is 300. The molecule has 0 aliphatic rings. The summed E-state index contributed by atoms with van der Waals surface area (Å²) in [5.41, 5.74) is 0.396. The number of ether oxygens (including phenoxy) is 1. The predicted molar refractivity (Wildman–Crippen MR) is 44.4 cm³/mol. The molecule has 0 N–H and O–H groups in total. The number of rotatable bonds is 4. The van der Waals surface area contributed by atoms with Crippen molar-refractivity contribution in [2.75, 3.05) is 6.61 Å². The minimum atomic E-state index is -0.388. The highest BCUT2D eigenvalue weighted by Gasteiger charge is 2.11. The lowest BCUT2D eigenvalue weighted by atomic mass is 10.2. The van der Waals surface area contributed by atoms with Gasteiger partial charge in [-0.3, -0.25) is 9.59 Å². The van der Waals surface area contributed by atoms with E-state index >= 15 is 0 Å². The van der Waals surface area contributed by atoms with Crippen LogP contribution in [0.4, 0.5) is 0 Å². The van der Waals surface area contributed by atoms with Gasteiger partial charge >= 0.3 is 5.97 Å². The minimum absolute atomic E-state index is 0.00884. The van der Waals surface area contributed by atoms with Crippen molar-refractivity contribution in [1.82, 2.24) is 0 Å². The van der Waals surface area contributed by atoms with Crippen molar-refractivity contribution in [2.45, 2.75) is 13.3 Å². The Labute approximate surface area is 75.5 Å². The molecule has 1 aromatic rings. The molecule has 0 atom stereocenters. The number of hydrogen-bond acceptors (Lipinski definition) is 4. The second kappa shape index (κ2) is 4.45. The van der Waals surface area contributed by atoms with Crippen molar-refractivity contribution in [1.29, 1.82) is 0 Å². The number of hydrogen-bond donors (Lipinski definition) is 0. The Morgan fingerprint density at radius 1 is 1.69 bits per heavy atom. The fraction of sp³-hybridized carbons (Fsp3) is 0.333. The summed E-state index contributed by atoms with van der Waals surface area (Å²) in [6.45, 7) is 2.05. The van der Waals surface area contributed by atoms with Crippen molar-refractivity contribution in [3.8, 4) is 0 Å². The summed E-state index contributed by atoms with van der Waals surface area (Å²) in [7, 11) is 0. The maximum Gasteiger partial charge on any atom is 0.313 e. The van der Waals surface area contributed by atoms with Crippen LogP contribution in [0.15, 0.2) is 16.7 Å². The Kier molecular flexibility index (Phi) is 3.25. The highest BCUT2D eigenvalue weighted by molar-refractivity contribution is 5.80. The van der Waals surface area contributed by atoms with E-state index in [-0.39, 0.29) is 12.4 Å². The van der Waals surface area contributed by atoms with Gasteiger partial charge in [0, 0.05) is 0 Å². The molecule has 0 spiro atoms. The van der Waals surface area contributed by atoms with E-state index < -0.39 is 0 Å². The Hall–Kier alpha value is -1.58. The molecule has 0 aliphatic heterocycles. The monoisotopic (exact) mass is 182 g/mol. The smallest absolute Gasteiger partial charge is 0.313 e. The van der Waals surface area contributed by atoms with E-state index in [9.17, 15) is 9.59 Å². The molecular weight excluding hydrogens is 172 g/mol. The molecule has 0 radical (unpaired) electrons. The first-order valence-corrected chi connectivity index (χ1v) is 3.95. The molecule has 13 heavy (non-hydrogen) atoms. The average molecular weight is 182 g/mol. The SMILES string of the molecule is CCOC(=O)Cc1occc1C=O. The van der Waals surface area contributed by atoms with Gasteiger partial charge in [-0.2, -0.15) is 0 Å². The third kappa shape index (κ3) is 2.43. The van der Waals surface area contributed by atoms with Crippen molar-refractivity contribution < 1.29 is 18.7 Å². The van der Waals surface area contributed by atoms with Gasteiger partial charge in [-0.05, 0) is 13.0 Å². The number of aldehydes is 1. The van der Waals surface area contributed by atoms with E-state index in [1.807, 2.05) is 0 Å². The lowest BCUT2D eigenvalue weighted by molar-refractivity contribution is -0.142. The van der Waals surface area contributed by atoms with E-state index in [1.54, 1.807) is 6.92 Å². The Balaban J connectivity index is 2.62. The van der Waals surface area contributed by atoms with Gasteiger partial charge in [-0.25, -0.2) is 0 Å². The van der Waals surface area contributed by atoms with Crippen molar-refractivity contribution in [3.05, 3.63) is 23.7 Å². The summed E-state index contributed by atoms with van der Waals surface area (Å²) in [6, 6.07) is 1.52. The van der Waals surface area contributed by atoms with Crippen LogP contribution >= 0.6 is 0 Å². The zero-order chi connectivity index (χ0) is 9.68. The first-order chi connectivity index (χ1) is 6.27. The molecule has 0 aliphatic carbocycles. The van der Waals surface area contributed by atoms with Crippen LogP contribution in [0.25, 0.3) is 0 Å². The largest absolute Gasteiger partial charge is 0.468 e. The Morgan fingerprint density at radius 3 is 3.08 bits per heavy atom. The molecule has 1 rings (SSSR count). The number of carbonyl (C=O) groups is 2. The quantitative estimate of drug-likeness (QED) is 0.518.